The number of carboxylic acids is 1. The van der Waals surface area contributed by atoms with E-state index in [0.29, 0.717) is 31.8 Å². The lowest BCUT2D eigenvalue weighted by atomic mass is 9.83. The second-order valence-corrected chi connectivity index (χ2v) is 8.80. The zero-order valence-electron chi connectivity index (χ0n) is 17.2. The number of anilines is 2. The molecule has 0 amide bonds. The maximum atomic E-state index is 15.7. The van der Waals surface area contributed by atoms with Crippen molar-refractivity contribution in [3.05, 3.63) is 27.8 Å². The normalized spacial score (nSPS) is 25.6. The van der Waals surface area contributed by atoms with Gasteiger partial charge in [-0.15, -0.1) is 0 Å². The molecule has 166 valence electrons. The molecular weight excluding hydrogens is 407 g/mol. The Morgan fingerprint density at radius 3 is 2.74 bits per heavy atom. The smallest absolute Gasteiger partial charge is 0.341 e. The van der Waals surface area contributed by atoms with Gasteiger partial charge in [0.2, 0.25) is 5.43 Å². The zero-order valence-corrected chi connectivity index (χ0v) is 17.2. The summed E-state index contributed by atoms with van der Waals surface area (Å²) in [5, 5.41) is 9.34. The largest absolute Gasteiger partial charge is 0.492 e. The van der Waals surface area contributed by atoms with Crippen molar-refractivity contribution in [2.24, 2.45) is 11.1 Å². The van der Waals surface area contributed by atoms with Crippen LogP contribution in [0.4, 0.5) is 15.8 Å². The Hall–Kier alpha value is -2.85. The van der Waals surface area contributed by atoms with Crippen molar-refractivity contribution in [1.29, 1.82) is 0 Å². The predicted molar refractivity (Wildman–Crippen MR) is 112 cm³/mol. The van der Waals surface area contributed by atoms with Gasteiger partial charge in [0, 0.05) is 43.4 Å². The van der Waals surface area contributed by atoms with Gasteiger partial charge in [-0.3, -0.25) is 4.79 Å². The first-order valence-corrected chi connectivity index (χ1v) is 10.3. The minimum Gasteiger partial charge on any atom is -0.492 e. The second kappa shape index (κ2) is 6.83. The number of nitrogen functional groups attached to an aromatic ring is 1. The van der Waals surface area contributed by atoms with Gasteiger partial charge in [0.15, 0.2) is 11.6 Å². The number of aromatic carboxylic acids is 1. The Kier molecular flexibility index (Phi) is 4.42. The Morgan fingerprint density at radius 1 is 1.42 bits per heavy atom. The van der Waals surface area contributed by atoms with E-state index in [-0.39, 0.29) is 40.0 Å². The number of fused-ring (bicyclic) bond motifs is 1. The molecule has 10 heteroatoms. The topological polar surface area (TPSA) is 133 Å². The lowest BCUT2D eigenvalue weighted by Crippen LogP contribution is -2.40. The van der Waals surface area contributed by atoms with Crippen LogP contribution in [0.2, 0.25) is 0 Å². The molecule has 2 aliphatic heterocycles. The number of benzene rings is 1. The van der Waals surface area contributed by atoms with Crippen molar-refractivity contribution >= 4 is 28.2 Å². The number of nitrogens with zero attached hydrogens (tertiary/aromatic N) is 2. The summed E-state index contributed by atoms with van der Waals surface area (Å²) < 4.78 is 28.6. The summed E-state index contributed by atoms with van der Waals surface area (Å²) in [5.74, 6) is -2.00. The number of pyridine rings is 1. The van der Waals surface area contributed by atoms with Crippen LogP contribution >= 0.6 is 0 Å². The minimum absolute atomic E-state index is 0.00298. The molecule has 2 atom stereocenters. The average Bonchev–Trinajstić information content (AvgIpc) is 3.38. The fourth-order valence-electron chi connectivity index (χ4n) is 5.04. The van der Waals surface area contributed by atoms with Gasteiger partial charge >= 0.3 is 5.97 Å². The standard InChI is InChI=1S/C21H25FN4O5/c1-30-19-16-13(18(27)11(20(28)29)6-26(16)10-2-3-10)15(24)14(22)17(19)25-7-12(23)21(8-25)4-5-31-9-21/h6,10,12H,2-5,7-9,23-24H2,1H3,(H,28,29)/t12-,21+/m1/s1. The highest BCUT2D eigenvalue weighted by Crippen LogP contribution is 2.48. The van der Waals surface area contributed by atoms with E-state index in [9.17, 15) is 14.7 Å². The van der Waals surface area contributed by atoms with Crippen LogP contribution in [0.25, 0.3) is 10.9 Å². The first-order valence-electron chi connectivity index (χ1n) is 10.3. The Morgan fingerprint density at radius 2 is 2.16 bits per heavy atom. The van der Waals surface area contributed by atoms with E-state index in [1.807, 2.05) is 4.90 Å². The third-order valence-electron chi connectivity index (χ3n) is 6.91. The molecule has 1 aliphatic carbocycles. The molecule has 1 spiro atoms. The molecule has 2 saturated heterocycles. The SMILES string of the molecule is COc1c(N2C[C@@H](N)[C@@]3(CCOC3)C2)c(F)c(N)c2c(=O)c(C(=O)O)cn(C3CC3)c12. The van der Waals surface area contributed by atoms with Crippen LogP contribution in [0.5, 0.6) is 5.75 Å². The molecule has 0 unspecified atom stereocenters. The molecule has 1 aromatic carbocycles. The fraction of sp³-hybridized carbons (Fsp3) is 0.524. The number of rotatable bonds is 4. The second-order valence-electron chi connectivity index (χ2n) is 8.80. The molecular formula is C21H25FN4O5. The van der Waals surface area contributed by atoms with Crippen molar-refractivity contribution in [2.45, 2.75) is 31.3 Å². The van der Waals surface area contributed by atoms with Gasteiger partial charge in [0.05, 0.1) is 30.3 Å². The van der Waals surface area contributed by atoms with Crippen molar-refractivity contribution in [2.75, 3.05) is 44.0 Å². The third kappa shape index (κ3) is 2.81. The van der Waals surface area contributed by atoms with E-state index in [4.69, 9.17) is 20.9 Å². The van der Waals surface area contributed by atoms with E-state index in [0.717, 1.165) is 19.3 Å². The van der Waals surface area contributed by atoms with Crippen LogP contribution in [0.1, 0.15) is 35.7 Å². The quantitative estimate of drug-likeness (QED) is 0.616. The first kappa shape index (κ1) is 20.1. The van der Waals surface area contributed by atoms with Crippen molar-refractivity contribution in [3.63, 3.8) is 0 Å². The number of hydrogen-bond acceptors (Lipinski definition) is 7. The molecule has 3 heterocycles. The fourth-order valence-corrected chi connectivity index (χ4v) is 5.04. The maximum absolute atomic E-state index is 15.7. The molecule has 9 nitrogen and oxygen atoms in total. The summed E-state index contributed by atoms with van der Waals surface area (Å²) in [5.41, 5.74) is 11.1. The van der Waals surface area contributed by atoms with Crippen LogP contribution < -0.4 is 26.5 Å². The number of carboxylic acid groups (broad SMARTS) is 1. The minimum atomic E-state index is -1.38. The highest BCUT2D eigenvalue weighted by molar-refractivity contribution is 6.03. The average molecular weight is 432 g/mol. The van der Waals surface area contributed by atoms with Crippen molar-refractivity contribution in [1.82, 2.24) is 4.57 Å². The van der Waals surface area contributed by atoms with Crippen molar-refractivity contribution in [3.8, 4) is 5.75 Å². The summed E-state index contributed by atoms with van der Waals surface area (Å²) in [6.07, 6.45) is 3.74. The van der Waals surface area contributed by atoms with Crippen LogP contribution in [0.3, 0.4) is 0 Å². The van der Waals surface area contributed by atoms with Crippen LogP contribution in [-0.2, 0) is 4.74 Å². The van der Waals surface area contributed by atoms with Gasteiger partial charge < -0.3 is 35.5 Å². The maximum Gasteiger partial charge on any atom is 0.341 e. The molecule has 1 saturated carbocycles. The molecule has 0 bridgehead atoms. The summed E-state index contributed by atoms with van der Waals surface area (Å²) in [6.45, 7) is 1.99. The van der Waals surface area contributed by atoms with Gasteiger partial charge in [-0.2, -0.15) is 0 Å². The molecule has 2 aromatic rings. The number of carbonyl (C=O) groups is 1. The monoisotopic (exact) mass is 432 g/mol. The van der Waals surface area contributed by atoms with Crippen LogP contribution in [-0.4, -0.2) is 55.1 Å². The summed E-state index contributed by atoms with van der Waals surface area (Å²) in [6, 6.07) is -0.209. The predicted octanol–water partition coefficient (Wildman–Crippen LogP) is 1.32. The van der Waals surface area contributed by atoms with Gasteiger partial charge in [-0.25, -0.2) is 9.18 Å². The molecule has 31 heavy (non-hydrogen) atoms. The van der Waals surface area contributed by atoms with Gasteiger partial charge in [-0.05, 0) is 19.3 Å². The van der Waals surface area contributed by atoms with E-state index in [1.165, 1.54) is 13.3 Å². The molecule has 3 fully saturated rings. The molecule has 1 aromatic heterocycles. The zero-order chi connectivity index (χ0) is 22.1. The van der Waals surface area contributed by atoms with Crippen molar-refractivity contribution < 1.29 is 23.8 Å². The van der Waals surface area contributed by atoms with Gasteiger partial charge in [0.1, 0.15) is 11.3 Å². The third-order valence-corrected chi connectivity index (χ3v) is 6.91. The molecule has 0 radical (unpaired) electrons. The Bertz CT molecular complexity index is 1150. The highest BCUT2D eigenvalue weighted by atomic mass is 19.1. The summed E-state index contributed by atoms with van der Waals surface area (Å²) in [7, 11) is 1.41. The van der Waals surface area contributed by atoms with Gasteiger partial charge in [-0.1, -0.05) is 0 Å². The number of nitrogens with two attached hydrogens (primary N) is 2. The molecule has 5 rings (SSSR count). The Balaban J connectivity index is 1.79. The van der Waals surface area contributed by atoms with E-state index in [2.05, 4.69) is 0 Å². The summed E-state index contributed by atoms with van der Waals surface area (Å²) in [4.78, 5) is 26.4. The lowest BCUT2D eigenvalue weighted by molar-refractivity contribution is 0.0695. The number of halogens is 1. The number of hydrogen-bond donors (Lipinski definition) is 3. The van der Waals surface area contributed by atoms with Gasteiger partial charge in [0.25, 0.3) is 0 Å². The van der Waals surface area contributed by atoms with E-state index >= 15 is 4.39 Å². The lowest BCUT2D eigenvalue weighted by Gasteiger charge is -2.27. The van der Waals surface area contributed by atoms with Crippen LogP contribution in [0, 0.1) is 11.2 Å². The van der Waals surface area contributed by atoms with E-state index < -0.39 is 22.8 Å². The molecule has 5 N–H and O–H groups in total. The number of ether oxygens (including phenoxy) is 2. The number of methoxy groups -OCH3 is 1. The van der Waals surface area contributed by atoms with E-state index in [1.54, 1.807) is 4.57 Å². The highest BCUT2D eigenvalue weighted by Gasteiger charge is 2.49. The Labute approximate surface area is 177 Å². The van der Waals surface area contributed by atoms with Crippen LogP contribution in [0.15, 0.2) is 11.0 Å². The first-order chi connectivity index (χ1) is 14.8. The molecule has 3 aliphatic rings. The summed E-state index contributed by atoms with van der Waals surface area (Å²) >= 11 is 0. The number of aromatic nitrogens is 1.